The predicted molar refractivity (Wildman–Crippen MR) is 92.1 cm³/mol. The van der Waals surface area contributed by atoms with Crippen LogP contribution in [0.3, 0.4) is 0 Å². The van der Waals surface area contributed by atoms with Crippen molar-refractivity contribution in [1.82, 2.24) is 10.2 Å². The number of nitrogens with one attached hydrogen (secondary N) is 1. The molecule has 3 rings (SSSR count). The number of nitrogens with zero attached hydrogens (tertiary/aromatic N) is 1. The zero-order valence-corrected chi connectivity index (χ0v) is 15.4. The molecule has 0 aliphatic carbocycles. The van der Waals surface area contributed by atoms with E-state index in [2.05, 4.69) is 5.32 Å². The maximum absolute atomic E-state index is 13.6. The molecule has 0 unspecified atom stereocenters. The summed E-state index contributed by atoms with van der Waals surface area (Å²) in [5.74, 6) is 0. The standard InChI is InChI=1S/C17H15ClF6N2S/c18-14-4-3-13(27-14)15(26-7-5-25-6-8-26)11-2-1-10(16(19,20)21)9-12(11)17(22,23)24/h1-4,9,15,25H,5-8H2/t15-/m0/s1. The molecule has 1 saturated heterocycles. The highest BCUT2D eigenvalue weighted by Crippen LogP contribution is 2.43. The Morgan fingerprint density at radius 1 is 0.963 bits per heavy atom. The van der Waals surface area contributed by atoms with Crippen molar-refractivity contribution in [3.63, 3.8) is 0 Å². The third-order valence-corrected chi connectivity index (χ3v) is 5.64. The van der Waals surface area contributed by atoms with Gasteiger partial charge in [-0.25, -0.2) is 0 Å². The summed E-state index contributed by atoms with van der Waals surface area (Å²) >= 11 is 7.09. The molecule has 1 fully saturated rings. The molecule has 1 aromatic carbocycles. The molecule has 2 heterocycles. The fourth-order valence-electron chi connectivity index (χ4n) is 3.16. The average molecular weight is 429 g/mol. The largest absolute Gasteiger partial charge is 0.416 e. The molecule has 0 saturated carbocycles. The number of rotatable bonds is 3. The van der Waals surface area contributed by atoms with Crippen LogP contribution < -0.4 is 5.32 Å². The molecule has 0 radical (unpaired) electrons. The first-order chi connectivity index (χ1) is 12.6. The number of piperazine rings is 1. The third-order valence-electron chi connectivity index (χ3n) is 4.36. The van der Waals surface area contributed by atoms with Crippen molar-refractivity contribution in [3.05, 3.63) is 56.2 Å². The first-order valence-electron chi connectivity index (χ1n) is 8.05. The van der Waals surface area contributed by atoms with Gasteiger partial charge in [0.2, 0.25) is 0 Å². The van der Waals surface area contributed by atoms with Crippen LogP contribution in [-0.2, 0) is 12.4 Å². The van der Waals surface area contributed by atoms with Crippen LogP contribution in [0.4, 0.5) is 26.3 Å². The lowest BCUT2D eigenvalue weighted by atomic mass is 9.94. The molecule has 2 aromatic rings. The van der Waals surface area contributed by atoms with E-state index in [1.165, 1.54) is 0 Å². The second kappa shape index (κ2) is 7.62. The fraction of sp³-hybridized carbons (Fsp3) is 0.412. The smallest absolute Gasteiger partial charge is 0.314 e. The van der Waals surface area contributed by atoms with E-state index in [-0.39, 0.29) is 11.6 Å². The van der Waals surface area contributed by atoms with Crippen LogP contribution in [0.1, 0.15) is 27.6 Å². The second-order valence-corrected chi connectivity index (χ2v) is 7.87. The SMILES string of the molecule is FC(F)(F)c1ccc([C@@H](c2ccc(Cl)s2)N2CCNCC2)c(C(F)(F)F)c1. The highest BCUT2D eigenvalue weighted by Gasteiger charge is 2.41. The monoisotopic (exact) mass is 428 g/mol. The summed E-state index contributed by atoms with van der Waals surface area (Å²) in [5.41, 5.74) is -2.79. The van der Waals surface area contributed by atoms with E-state index in [1.54, 1.807) is 12.1 Å². The molecule has 2 nitrogen and oxygen atoms in total. The summed E-state index contributed by atoms with van der Waals surface area (Å²) in [7, 11) is 0. The first kappa shape index (κ1) is 20.4. The molecule has 27 heavy (non-hydrogen) atoms. The molecule has 1 N–H and O–H groups in total. The van der Waals surface area contributed by atoms with Crippen LogP contribution in [-0.4, -0.2) is 31.1 Å². The Bertz CT molecular complexity index is 795. The van der Waals surface area contributed by atoms with Gasteiger partial charge in [0.1, 0.15) is 0 Å². The van der Waals surface area contributed by atoms with Gasteiger partial charge < -0.3 is 5.32 Å². The number of alkyl halides is 6. The van der Waals surface area contributed by atoms with Crippen LogP contribution in [0, 0.1) is 0 Å². The number of thiophene rings is 1. The molecule has 1 aliphatic heterocycles. The van der Waals surface area contributed by atoms with Crippen molar-refractivity contribution < 1.29 is 26.3 Å². The Morgan fingerprint density at radius 3 is 2.15 bits per heavy atom. The van der Waals surface area contributed by atoms with Crippen molar-refractivity contribution in [2.75, 3.05) is 26.2 Å². The van der Waals surface area contributed by atoms with Crippen LogP contribution in [0.25, 0.3) is 0 Å². The lowest BCUT2D eigenvalue weighted by Crippen LogP contribution is -2.45. The van der Waals surface area contributed by atoms with Crippen LogP contribution in [0.5, 0.6) is 0 Å². The number of hydrogen-bond acceptors (Lipinski definition) is 3. The molecule has 0 amide bonds. The van der Waals surface area contributed by atoms with Crippen molar-refractivity contribution in [1.29, 1.82) is 0 Å². The van der Waals surface area contributed by atoms with Crippen LogP contribution in [0.2, 0.25) is 4.34 Å². The first-order valence-corrected chi connectivity index (χ1v) is 9.25. The summed E-state index contributed by atoms with van der Waals surface area (Å²) in [6.07, 6.45) is -9.76. The zero-order chi connectivity index (χ0) is 19.8. The maximum Gasteiger partial charge on any atom is 0.416 e. The minimum Gasteiger partial charge on any atom is -0.314 e. The van der Waals surface area contributed by atoms with E-state index in [0.29, 0.717) is 41.5 Å². The number of hydrogen-bond donors (Lipinski definition) is 1. The zero-order valence-electron chi connectivity index (χ0n) is 13.8. The summed E-state index contributed by atoms with van der Waals surface area (Å²) in [4.78, 5) is 2.39. The van der Waals surface area contributed by atoms with E-state index in [1.807, 2.05) is 4.90 Å². The van der Waals surface area contributed by atoms with Crippen molar-refractivity contribution >= 4 is 22.9 Å². The Labute approximate surface area is 160 Å². The highest BCUT2D eigenvalue weighted by atomic mass is 35.5. The lowest BCUT2D eigenvalue weighted by Gasteiger charge is -2.36. The molecule has 10 heteroatoms. The van der Waals surface area contributed by atoms with E-state index in [0.717, 1.165) is 17.4 Å². The summed E-state index contributed by atoms with van der Waals surface area (Å²) < 4.78 is 80.2. The molecule has 1 aliphatic rings. The summed E-state index contributed by atoms with van der Waals surface area (Å²) in [6, 6.07) is 4.22. The fourth-order valence-corrected chi connectivity index (χ4v) is 4.38. The normalized spacial score (nSPS) is 17.9. The number of halogens is 7. The topological polar surface area (TPSA) is 15.3 Å². The minimum absolute atomic E-state index is 0.194. The molecule has 1 aromatic heterocycles. The van der Waals surface area contributed by atoms with Crippen LogP contribution >= 0.6 is 22.9 Å². The Balaban J connectivity index is 2.16. The Hall–Kier alpha value is -1.29. The molecule has 1 atom stereocenters. The van der Waals surface area contributed by atoms with Gasteiger partial charge in [0, 0.05) is 31.1 Å². The number of benzene rings is 1. The van der Waals surface area contributed by atoms with Gasteiger partial charge in [-0.1, -0.05) is 17.7 Å². The van der Waals surface area contributed by atoms with Gasteiger partial charge in [-0.05, 0) is 29.8 Å². The second-order valence-electron chi connectivity index (χ2n) is 6.13. The van der Waals surface area contributed by atoms with Gasteiger partial charge in [-0.3, -0.25) is 4.90 Å². The van der Waals surface area contributed by atoms with E-state index in [9.17, 15) is 26.3 Å². The Morgan fingerprint density at radius 2 is 1.63 bits per heavy atom. The van der Waals surface area contributed by atoms with E-state index < -0.39 is 29.5 Å². The Kier molecular flexibility index (Phi) is 5.77. The van der Waals surface area contributed by atoms with Crippen LogP contribution in [0.15, 0.2) is 30.3 Å². The quantitative estimate of drug-likeness (QED) is 0.655. The van der Waals surface area contributed by atoms with Gasteiger partial charge in [-0.2, -0.15) is 26.3 Å². The predicted octanol–water partition coefficient (Wildman–Crippen LogP) is 5.43. The van der Waals surface area contributed by atoms with Gasteiger partial charge in [0.05, 0.1) is 21.5 Å². The van der Waals surface area contributed by atoms with Gasteiger partial charge in [-0.15, -0.1) is 11.3 Å². The van der Waals surface area contributed by atoms with E-state index in [4.69, 9.17) is 11.6 Å². The molecular formula is C17H15ClF6N2S. The molecule has 0 spiro atoms. The highest BCUT2D eigenvalue weighted by molar-refractivity contribution is 7.16. The van der Waals surface area contributed by atoms with Gasteiger partial charge >= 0.3 is 12.4 Å². The summed E-state index contributed by atoms with van der Waals surface area (Å²) in [5, 5.41) is 3.12. The minimum atomic E-state index is -4.91. The lowest BCUT2D eigenvalue weighted by molar-refractivity contribution is -0.143. The summed E-state index contributed by atoms with van der Waals surface area (Å²) in [6.45, 7) is 2.10. The average Bonchev–Trinajstić information content (AvgIpc) is 3.00. The van der Waals surface area contributed by atoms with Gasteiger partial charge in [0.25, 0.3) is 0 Å². The van der Waals surface area contributed by atoms with Crippen molar-refractivity contribution in [2.45, 2.75) is 18.4 Å². The van der Waals surface area contributed by atoms with Gasteiger partial charge in [0.15, 0.2) is 0 Å². The maximum atomic E-state index is 13.6. The third kappa shape index (κ3) is 4.59. The van der Waals surface area contributed by atoms with Crippen molar-refractivity contribution in [3.8, 4) is 0 Å². The molecule has 0 bridgehead atoms. The molecule has 148 valence electrons. The van der Waals surface area contributed by atoms with Crippen molar-refractivity contribution in [2.24, 2.45) is 0 Å². The van der Waals surface area contributed by atoms with E-state index >= 15 is 0 Å². The molecular weight excluding hydrogens is 414 g/mol.